The predicted molar refractivity (Wildman–Crippen MR) is 119 cm³/mol. The van der Waals surface area contributed by atoms with Crippen molar-refractivity contribution in [2.75, 3.05) is 5.75 Å². The molecule has 0 bridgehead atoms. The number of hydrogen-bond donors (Lipinski definition) is 1. The predicted octanol–water partition coefficient (Wildman–Crippen LogP) is 5.15. The van der Waals surface area contributed by atoms with Gasteiger partial charge in [-0.15, -0.1) is 11.3 Å². The average molecular weight is 421 g/mol. The summed E-state index contributed by atoms with van der Waals surface area (Å²) in [4.78, 5) is 19.2. The van der Waals surface area contributed by atoms with E-state index in [-0.39, 0.29) is 5.56 Å². The van der Waals surface area contributed by atoms with Crippen LogP contribution in [0.4, 0.5) is 0 Å². The number of benzene rings is 2. The number of rotatable bonds is 6. The Hall–Kier alpha value is -2.41. The molecular weight excluding hydrogens is 400 g/mol. The van der Waals surface area contributed by atoms with Crippen LogP contribution in [0, 0.1) is 0 Å². The van der Waals surface area contributed by atoms with Crippen molar-refractivity contribution in [2.45, 2.75) is 30.0 Å². The van der Waals surface area contributed by atoms with E-state index in [1.807, 2.05) is 60.7 Å². The smallest absolute Gasteiger partial charge is 0.267 e. The Morgan fingerprint density at radius 2 is 1.79 bits per heavy atom. The summed E-state index contributed by atoms with van der Waals surface area (Å²) in [5.74, 6) is 0.927. The van der Waals surface area contributed by atoms with Gasteiger partial charge >= 0.3 is 0 Å². The van der Waals surface area contributed by atoms with Crippen molar-refractivity contribution in [1.82, 2.24) is 9.55 Å². The molecule has 0 saturated heterocycles. The molecule has 1 aliphatic rings. The van der Waals surface area contributed by atoms with Gasteiger partial charge in [0, 0.05) is 5.75 Å². The van der Waals surface area contributed by atoms with Crippen LogP contribution in [0.5, 0.6) is 0 Å². The molecule has 5 rings (SSSR count). The van der Waals surface area contributed by atoms with Crippen LogP contribution in [0.25, 0.3) is 15.9 Å². The van der Waals surface area contributed by atoms with Crippen LogP contribution in [0.2, 0.25) is 0 Å². The maximum Gasteiger partial charge on any atom is 0.267 e. The molecule has 1 N–H and O–H groups in total. The maximum atomic E-state index is 13.5. The Kier molecular flexibility index (Phi) is 4.99. The Morgan fingerprint density at radius 1 is 1.10 bits per heavy atom. The number of para-hydroxylation sites is 1. The molecule has 1 atom stereocenters. The van der Waals surface area contributed by atoms with E-state index in [4.69, 9.17) is 4.98 Å². The molecule has 1 saturated carbocycles. The minimum Gasteiger partial charge on any atom is -0.388 e. The summed E-state index contributed by atoms with van der Waals surface area (Å²) in [6, 6.07) is 19.2. The van der Waals surface area contributed by atoms with E-state index in [1.165, 1.54) is 11.8 Å². The number of thiophene rings is 1. The minimum atomic E-state index is -0.622. The van der Waals surface area contributed by atoms with Gasteiger partial charge in [-0.3, -0.25) is 9.36 Å². The molecular formula is C23H20N2O2S2. The van der Waals surface area contributed by atoms with Crippen LogP contribution < -0.4 is 5.56 Å². The third-order valence-electron chi connectivity index (χ3n) is 5.19. The van der Waals surface area contributed by atoms with Crippen molar-refractivity contribution >= 4 is 33.3 Å². The van der Waals surface area contributed by atoms with Gasteiger partial charge in [-0.05, 0) is 47.4 Å². The summed E-state index contributed by atoms with van der Waals surface area (Å²) < 4.78 is 1.70. The van der Waals surface area contributed by atoms with Gasteiger partial charge in [-0.25, -0.2) is 4.98 Å². The molecule has 0 spiro atoms. The third-order valence-corrected chi connectivity index (χ3v) is 7.10. The Balaban J connectivity index is 1.57. The largest absolute Gasteiger partial charge is 0.388 e. The highest BCUT2D eigenvalue weighted by molar-refractivity contribution is 7.99. The fraction of sp³-hybridized carbons (Fsp3) is 0.217. The van der Waals surface area contributed by atoms with Crippen molar-refractivity contribution in [3.8, 4) is 5.69 Å². The number of aromatic nitrogens is 2. The van der Waals surface area contributed by atoms with Gasteiger partial charge in [0.2, 0.25) is 0 Å². The summed E-state index contributed by atoms with van der Waals surface area (Å²) in [7, 11) is 0. The summed E-state index contributed by atoms with van der Waals surface area (Å²) >= 11 is 2.96. The van der Waals surface area contributed by atoms with E-state index in [2.05, 4.69) is 5.38 Å². The summed E-state index contributed by atoms with van der Waals surface area (Å²) in [6.07, 6.45) is 1.68. The standard InChI is InChI=1S/C23H20N2O2S2/c26-19(16-7-3-1-4-8-16)14-29-23-24-21-20(18(13-28-21)15-11-12-15)22(27)25(23)17-9-5-2-6-10-17/h1-10,13,15,19,26H,11-12,14H2/t19-/m1/s1. The van der Waals surface area contributed by atoms with Crippen molar-refractivity contribution in [3.63, 3.8) is 0 Å². The highest BCUT2D eigenvalue weighted by atomic mass is 32.2. The van der Waals surface area contributed by atoms with E-state index in [0.29, 0.717) is 16.8 Å². The molecule has 2 heterocycles. The number of aliphatic hydroxyl groups is 1. The zero-order valence-corrected chi connectivity index (χ0v) is 17.3. The topological polar surface area (TPSA) is 55.1 Å². The first kappa shape index (κ1) is 18.6. The molecule has 146 valence electrons. The van der Waals surface area contributed by atoms with Crippen LogP contribution >= 0.6 is 23.1 Å². The van der Waals surface area contributed by atoms with Crippen LogP contribution in [0.15, 0.2) is 76.0 Å². The molecule has 2 aromatic carbocycles. The van der Waals surface area contributed by atoms with Gasteiger partial charge < -0.3 is 5.11 Å². The average Bonchev–Trinajstić information content (AvgIpc) is 3.52. The summed E-state index contributed by atoms with van der Waals surface area (Å²) in [6.45, 7) is 0. The fourth-order valence-corrected chi connectivity index (χ4v) is 5.56. The molecule has 0 aliphatic heterocycles. The lowest BCUT2D eigenvalue weighted by Crippen LogP contribution is -2.22. The first-order valence-electron chi connectivity index (χ1n) is 9.68. The number of fused-ring (bicyclic) bond motifs is 1. The molecule has 29 heavy (non-hydrogen) atoms. The number of thioether (sulfide) groups is 1. The zero-order chi connectivity index (χ0) is 19.8. The van der Waals surface area contributed by atoms with Crippen LogP contribution in [0.3, 0.4) is 0 Å². The second-order valence-corrected chi connectivity index (χ2v) is 9.10. The van der Waals surface area contributed by atoms with Crippen molar-refractivity contribution in [2.24, 2.45) is 0 Å². The molecule has 6 heteroatoms. The van der Waals surface area contributed by atoms with Crippen molar-refractivity contribution < 1.29 is 5.11 Å². The second-order valence-electron chi connectivity index (χ2n) is 7.25. The van der Waals surface area contributed by atoms with Gasteiger partial charge in [0.15, 0.2) is 5.16 Å². The van der Waals surface area contributed by atoms with Gasteiger partial charge in [0.05, 0.1) is 17.2 Å². The van der Waals surface area contributed by atoms with Crippen LogP contribution in [0.1, 0.15) is 36.0 Å². The fourth-order valence-electron chi connectivity index (χ4n) is 3.51. The lowest BCUT2D eigenvalue weighted by Gasteiger charge is -2.15. The number of hydrogen-bond acceptors (Lipinski definition) is 5. The maximum absolute atomic E-state index is 13.5. The minimum absolute atomic E-state index is 0.0129. The first-order chi connectivity index (χ1) is 14.2. The second kappa shape index (κ2) is 7.78. The molecule has 0 unspecified atom stereocenters. The van der Waals surface area contributed by atoms with Gasteiger partial charge in [-0.2, -0.15) is 0 Å². The summed E-state index contributed by atoms with van der Waals surface area (Å²) in [5, 5.41) is 14.1. The van der Waals surface area contributed by atoms with Crippen molar-refractivity contribution in [3.05, 3.63) is 87.5 Å². The molecule has 0 amide bonds. The molecule has 1 fully saturated rings. The van der Waals surface area contributed by atoms with E-state index >= 15 is 0 Å². The third kappa shape index (κ3) is 3.64. The van der Waals surface area contributed by atoms with Crippen LogP contribution in [-0.4, -0.2) is 20.4 Å². The molecule has 4 aromatic rings. The SMILES string of the molecule is O=c1c2c(C3CC3)csc2nc(SC[C@@H](O)c2ccccc2)n1-c1ccccc1. The van der Waals surface area contributed by atoms with Gasteiger partial charge in [-0.1, -0.05) is 60.3 Å². The van der Waals surface area contributed by atoms with E-state index in [1.54, 1.807) is 15.9 Å². The normalized spacial score (nSPS) is 14.9. The zero-order valence-electron chi connectivity index (χ0n) is 15.7. The molecule has 1 aliphatic carbocycles. The monoisotopic (exact) mass is 420 g/mol. The molecule has 2 aromatic heterocycles. The van der Waals surface area contributed by atoms with E-state index in [0.717, 1.165) is 39.9 Å². The summed E-state index contributed by atoms with van der Waals surface area (Å²) in [5.41, 5.74) is 2.80. The quantitative estimate of drug-likeness (QED) is 0.346. The molecule has 4 nitrogen and oxygen atoms in total. The lowest BCUT2D eigenvalue weighted by molar-refractivity contribution is 0.204. The first-order valence-corrected chi connectivity index (χ1v) is 11.5. The van der Waals surface area contributed by atoms with E-state index in [9.17, 15) is 9.90 Å². The van der Waals surface area contributed by atoms with E-state index < -0.39 is 6.10 Å². The Labute approximate surface area is 176 Å². The van der Waals surface area contributed by atoms with Crippen LogP contribution in [-0.2, 0) is 0 Å². The molecule has 0 radical (unpaired) electrons. The highest BCUT2D eigenvalue weighted by Gasteiger charge is 2.29. The lowest BCUT2D eigenvalue weighted by atomic mass is 10.1. The number of aliphatic hydroxyl groups excluding tert-OH is 1. The van der Waals surface area contributed by atoms with Gasteiger partial charge in [0.25, 0.3) is 5.56 Å². The highest BCUT2D eigenvalue weighted by Crippen LogP contribution is 2.44. The number of nitrogens with zero attached hydrogens (tertiary/aromatic N) is 2. The van der Waals surface area contributed by atoms with Crippen molar-refractivity contribution in [1.29, 1.82) is 0 Å². The Bertz CT molecular complexity index is 1200. The van der Waals surface area contributed by atoms with Gasteiger partial charge in [0.1, 0.15) is 4.83 Å². The Morgan fingerprint density at radius 3 is 2.48 bits per heavy atom.